The van der Waals surface area contributed by atoms with Crippen LogP contribution in [0.15, 0.2) is 4.79 Å². The van der Waals surface area contributed by atoms with Crippen molar-refractivity contribution in [1.82, 2.24) is 14.9 Å². The van der Waals surface area contributed by atoms with Gasteiger partial charge in [-0.1, -0.05) is 0 Å². The maximum atomic E-state index is 12.5. The van der Waals surface area contributed by atoms with E-state index in [1.54, 1.807) is 23.3 Å². The first-order chi connectivity index (χ1) is 13.3. The number of nitrogens with zero attached hydrogens (tertiary/aromatic N) is 2. The normalized spacial score (nSPS) is 21.0. The molecular formula is C18H23N3O4S3. The van der Waals surface area contributed by atoms with Crippen LogP contribution in [0.3, 0.4) is 0 Å². The number of aryl methyl sites for hydroxylation is 2. The van der Waals surface area contributed by atoms with Crippen molar-refractivity contribution in [3.8, 4) is 0 Å². The van der Waals surface area contributed by atoms with E-state index in [-0.39, 0.29) is 34.8 Å². The Morgan fingerprint density at radius 2 is 2.14 bits per heavy atom. The summed E-state index contributed by atoms with van der Waals surface area (Å²) in [6.07, 6.45) is 4.76. The molecular weight excluding hydrogens is 418 g/mol. The molecule has 7 nitrogen and oxygen atoms in total. The number of thioether (sulfide) groups is 1. The van der Waals surface area contributed by atoms with Crippen molar-refractivity contribution in [2.45, 2.75) is 43.9 Å². The summed E-state index contributed by atoms with van der Waals surface area (Å²) in [6, 6.07) is -0.232. The molecule has 0 spiro atoms. The lowest BCUT2D eigenvalue weighted by atomic mass is 9.97. The lowest BCUT2D eigenvalue weighted by Gasteiger charge is -2.23. The number of carbonyl (C=O) groups excluding carboxylic acids is 1. The minimum atomic E-state index is -3.01. The van der Waals surface area contributed by atoms with E-state index in [9.17, 15) is 18.0 Å². The van der Waals surface area contributed by atoms with Crippen LogP contribution in [0.25, 0.3) is 10.2 Å². The van der Waals surface area contributed by atoms with Gasteiger partial charge in [0.15, 0.2) is 9.84 Å². The minimum absolute atomic E-state index is 0.0501. The molecule has 2 aliphatic rings. The number of H-pyrrole nitrogens is 1. The molecule has 0 unspecified atom stereocenters. The van der Waals surface area contributed by atoms with Crippen molar-refractivity contribution < 1.29 is 13.2 Å². The van der Waals surface area contributed by atoms with Crippen LogP contribution in [0.5, 0.6) is 0 Å². The number of nitrogens with one attached hydrogen (secondary N) is 1. The van der Waals surface area contributed by atoms with Crippen molar-refractivity contribution >= 4 is 49.1 Å². The first kappa shape index (κ1) is 19.9. The molecule has 2 aromatic heterocycles. The number of aromatic nitrogens is 2. The molecule has 10 heteroatoms. The molecule has 28 heavy (non-hydrogen) atoms. The topological polar surface area (TPSA) is 100 Å². The van der Waals surface area contributed by atoms with Gasteiger partial charge >= 0.3 is 0 Å². The molecule has 0 saturated carbocycles. The third kappa shape index (κ3) is 3.99. The highest BCUT2D eigenvalue weighted by molar-refractivity contribution is 7.99. The fourth-order valence-corrected chi connectivity index (χ4v) is 7.76. The molecule has 1 N–H and O–H groups in total. The Morgan fingerprint density at radius 3 is 2.89 bits per heavy atom. The summed E-state index contributed by atoms with van der Waals surface area (Å²) in [6.45, 7) is 0. The molecule has 0 bridgehead atoms. The van der Waals surface area contributed by atoms with E-state index < -0.39 is 9.84 Å². The summed E-state index contributed by atoms with van der Waals surface area (Å²) in [5.74, 6) is 1.36. The van der Waals surface area contributed by atoms with Crippen LogP contribution >= 0.6 is 23.1 Å². The van der Waals surface area contributed by atoms with Crippen LogP contribution in [0.2, 0.25) is 0 Å². The zero-order valence-corrected chi connectivity index (χ0v) is 18.1. The molecule has 3 heterocycles. The number of carbonyl (C=O) groups is 1. The van der Waals surface area contributed by atoms with Gasteiger partial charge in [0.05, 0.1) is 28.4 Å². The Kier molecular flexibility index (Phi) is 5.54. The summed E-state index contributed by atoms with van der Waals surface area (Å²) in [4.78, 5) is 36.0. The number of hydrogen-bond donors (Lipinski definition) is 1. The number of aromatic amines is 1. The third-order valence-corrected chi connectivity index (χ3v) is 9.35. The number of hydrogen-bond acceptors (Lipinski definition) is 7. The van der Waals surface area contributed by atoms with E-state index in [2.05, 4.69) is 9.97 Å². The second-order valence-electron chi connectivity index (χ2n) is 7.46. The van der Waals surface area contributed by atoms with Gasteiger partial charge in [0.2, 0.25) is 5.91 Å². The zero-order chi connectivity index (χ0) is 19.9. The van der Waals surface area contributed by atoms with Crippen LogP contribution in [-0.4, -0.2) is 59.5 Å². The van der Waals surface area contributed by atoms with Crippen LogP contribution in [-0.2, 0) is 33.2 Å². The highest BCUT2D eigenvalue weighted by atomic mass is 32.2. The van der Waals surface area contributed by atoms with Gasteiger partial charge in [-0.25, -0.2) is 13.4 Å². The molecule has 0 radical (unpaired) electrons. The second kappa shape index (κ2) is 7.79. The van der Waals surface area contributed by atoms with Gasteiger partial charge in [0, 0.05) is 18.0 Å². The molecule has 152 valence electrons. The van der Waals surface area contributed by atoms with Crippen LogP contribution in [0.1, 0.15) is 35.5 Å². The van der Waals surface area contributed by atoms with Gasteiger partial charge in [-0.2, -0.15) is 0 Å². The van der Waals surface area contributed by atoms with Gasteiger partial charge in [0.25, 0.3) is 5.56 Å². The van der Waals surface area contributed by atoms with E-state index in [1.807, 2.05) is 0 Å². The van der Waals surface area contributed by atoms with Gasteiger partial charge in [-0.3, -0.25) is 9.59 Å². The van der Waals surface area contributed by atoms with Crippen LogP contribution in [0.4, 0.5) is 0 Å². The van der Waals surface area contributed by atoms with Gasteiger partial charge in [-0.05, 0) is 37.7 Å². The average Bonchev–Trinajstić information content (AvgIpc) is 3.20. The van der Waals surface area contributed by atoms with Gasteiger partial charge in [-0.15, -0.1) is 23.1 Å². The summed E-state index contributed by atoms with van der Waals surface area (Å²) in [7, 11) is -1.35. The largest absolute Gasteiger partial charge is 0.341 e. The van der Waals surface area contributed by atoms with Gasteiger partial charge in [0.1, 0.15) is 10.7 Å². The predicted molar refractivity (Wildman–Crippen MR) is 113 cm³/mol. The summed E-state index contributed by atoms with van der Waals surface area (Å²) >= 11 is 3.00. The smallest absolute Gasteiger partial charge is 0.259 e. The molecule has 1 atom stereocenters. The SMILES string of the molecule is CN(C(=O)CSCc1nc2sc3c(c2c(=O)[nH]1)CCCC3)[C@H]1CCS(=O)(=O)C1. The highest BCUT2D eigenvalue weighted by Crippen LogP contribution is 2.33. The van der Waals surface area contributed by atoms with Crippen LogP contribution < -0.4 is 5.56 Å². The number of fused-ring (bicyclic) bond motifs is 3. The molecule has 1 aliphatic heterocycles. The van der Waals surface area contributed by atoms with Crippen molar-refractivity contribution in [1.29, 1.82) is 0 Å². The number of amides is 1. The maximum absolute atomic E-state index is 12.5. The van der Waals surface area contributed by atoms with E-state index >= 15 is 0 Å². The first-order valence-corrected chi connectivity index (χ1v) is 13.2. The quantitative estimate of drug-likeness (QED) is 0.759. The number of thiophene rings is 1. The van der Waals surface area contributed by atoms with Crippen molar-refractivity contribution in [2.24, 2.45) is 0 Å². The molecule has 4 rings (SSSR count). The Hall–Kier alpha value is -1.39. The summed E-state index contributed by atoms with van der Waals surface area (Å²) < 4.78 is 23.2. The van der Waals surface area contributed by atoms with Crippen LogP contribution in [0, 0.1) is 0 Å². The predicted octanol–water partition coefficient (Wildman–Crippen LogP) is 1.74. The van der Waals surface area contributed by atoms with E-state index in [0.717, 1.165) is 29.5 Å². The fraction of sp³-hybridized carbons (Fsp3) is 0.611. The van der Waals surface area contributed by atoms with Crippen molar-refractivity contribution in [3.63, 3.8) is 0 Å². The lowest BCUT2D eigenvalue weighted by Crippen LogP contribution is -2.38. The highest BCUT2D eigenvalue weighted by Gasteiger charge is 2.32. The Labute approximate surface area is 171 Å². The fourth-order valence-electron chi connectivity index (χ4n) is 3.90. The average molecular weight is 442 g/mol. The monoisotopic (exact) mass is 441 g/mol. The van der Waals surface area contributed by atoms with E-state index in [0.29, 0.717) is 18.0 Å². The molecule has 1 saturated heterocycles. The number of rotatable bonds is 5. The zero-order valence-electron chi connectivity index (χ0n) is 15.7. The van der Waals surface area contributed by atoms with E-state index in [1.165, 1.54) is 28.6 Å². The molecule has 1 fully saturated rings. The minimum Gasteiger partial charge on any atom is -0.341 e. The lowest BCUT2D eigenvalue weighted by molar-refractivity contribution is -0.128. The molecule has 1 amide bonds. The van der Waals surface area contributed by atoms with Crippen molar-refractivity contribution in [2.75, 3.05) is 24.3 Å². The van der Waals surface area contributed by atoms with Gasteiger partial charge < -0.3 is 9.88 Å². The maximum Gasteiger partial charge on any atom is 0.259 e. The first-order valence-electron chi connectivity index (χ1n) is 9.41. The Balaban J connectivity index is 1.39. The summed E-state index contributed by atoms with van der Waals surface area (Å²) in [5.41, 5.74) is 1.09. The third-order valence-electron chi connectivity index (χ3n) is 5.49. The standard InChI is InChI=1S/C18H23N3O4S3/c1-21(11-6-7-28(24,25)10-11)15(22)9-26-8-14-19-17(23)16-12-4-2-3-5-13(12)27-18(16)20-14/h11H,2-10H2,1H3,(H,19,20,23)/t11-/m0/s1. The molecule has 2 aromatic rings. The molecule has 0 aromatic carbocycles. The summed E-state index contributed by atoms with van der Waals surface area (Å²) in [5, 5.41) is 0.742. The second-order valence-corrected chi connectivity index (χ2v) is 11.8. The molecule has 1 aliphatic carbocycles. The Morgan fingerprint density at radius 1 is 1.36 bits per heavy atom. The number of sulfone groups is 1. The van der Waals surface area contributed by atoms with Crippen molar-refractivity contribution in [3.05, 3.63) is 26.6 Å². The van der Waals surface area contributed by atoms with E-state index in [4.69, 9.17) is 0 Å². The Bertz CT molecular complexity index is 1070.